The van der Waals surface area contributed by atoms with Crippen LogP contribution in [0.1, 0.15) is 13.3 Å². The van der Waals surface area contributed by atoms with E-state index in [9.17, 15) is 0 Å². The maximum atomic E-state index is 6.73. The van der Waals surface area contributed by atoms with Crippen molar-refractivity contribution in [3.05, 3.63) is 0 Å². The lowest BCUT2D eigenvalue weighted by molar-refractivity contribution is 0.932. The lowest BCUT2D eigenvalue weighted by atomic mass is 10.4. The molecule has 1 aliphatic rings. The molecular formula is C5H9N. The van der Waals surface area contributed by atoms with E-state index in [1.807, 2.05) is 0 Å². The molecular weight excluding hydrogens is 74.1 g/mol. The summed E-state index contributed by atoms with van der Waals surface area (Å²) >= 11 is 0. The summed E-state index contributed by atoms with van der Waals surface area (Å²) in [6, 6.07) is 0. The molecule has 0 radical (unpaired) electrons. The minimum atomic E-state index is 0.644. The molecule has 1 nitrogen and oxygen atoms in total. The van der Waals surface area contributed by atoms with Crippen LogP contribution in [0.2, 0.25) is 0 Å². The summed E-state index contributed by atoms with van der Waals surface area (Å²) in [7, 11) is 0. The minimum Gasteiger partial charge on any atom is -0.313 e. The van der Waals surface area contributed by atoms with Gasteiger partial charge in [0.15, 0.2) is 0 Å². The summed E-state index contributed by atoms with van der Waals surface area (Å²) in [6.07, 6.45) is 2.80. The molecule has 0 saturated heterocycles. The van der Waals surface area contributed by atoms with E-state index in [0.29, 0.717) is 5.92 Å². The molecule has 0 bridgehead atoms. The molecule has 1 heteroatoms. The van der Waals surface area contributed by atoms with Gasteiger partial charge in [0.05, 0.1) is 0 Å². The molecule has 1 aliphatic carbocycles. The molecule has 0 heterocycles. The van der Waals surface area contributed by atoms with Crippen molar-refractivity contribution in [2.45, 2.75) is 13.3 Å². The fraction of sp³-hybridized carbons (Fsp3) is 0.800. The highest BCUT2D eigenvalue weighted by atomic mass is 14.4. The van der Waals surface area contributed by atoms with Gasteiger partial charge in [-0.1, -0.05) is 6.92 Å². The number of rotatable bonds is 1. The second kappa shape index (κ2) is 1.07. The van der Waals surface area contributed by atoms with Crippen molar-refractivity contribution in [3.8, 4) is 0 Å². The SMILES string of the molecule is C[C@H]1C[C@H]1C=N. The van der Waals surface area contributed by atoms with Crippen molar-refractivity contribution in [2.24, 2.45) is 11.8 Å². The Kier molecular flexibility index (Phi) is 0.685. The number of hydrogen-bond donors (Lipinski definition) is 1. The Hall–Kier alpha value is -0.330. The Bertz CT molecular complexity index is 68.3. The van der Waals surface area contributed by atoms with E-state index in [2.05, 4.69) is 6.92 Å². The molecule has 0 aliphatic heterocycles. The molecule has 0 spiro atoms. The summed E-state index contributed by atoms with van der Waals surface area (Å²) in [4.78, 5) is 0. The van der Waals surface area contributed by atoms with Gasteiger partial charge in [0.1, 0.15) is 0 Å². The maximum absolute atomic E-state index is 6.73. The lowest BCUT2D eigenvalue weighted by Gasteiger charge is -1.70. The monoisotopic (exact) mass is 83.1 g/mol. The van der Waals surface area contributed by atoms with E-state index < -0.39 is 0 Å². The summed E-state index contributed by atoms with van der Waals surface area (Å²) in [5, 5.41) is 6.73. The summed E-state index contributed by atoms with van der Waals surface area (Å²) in [6.45, 7) is 2.18. The average molecular weight is 83.1 g/mol. The van der Waals surface area contributed by atoms with Gasteiger partial charge in [0, 0.05) is 0 Å². The molecule has 0 aromatic heterocycles. The van der Waals surface area contributed by atoms with Crippen LogP contribution in [0.4, 0.5) is 0 Å². The first-order valence-corrected chi connectivity index (χ1v) is 2.35. The quantitative estimate of drug-likeness (QED) is 0.462. The Balaban J connectivity index is 2.25. The first kappa shape index (κ1) is 3.85. The van der Waals surface area contributed by atoms with Gasteiger partial charge in [-0.25, -0.2) is 0 Å². The van der Waals surface area contributed by atoms with Gasteiger partial charge in [0.25, 0.3) is 0 Å². The van der Waals surface area contributed by atoms with Gasteiger partial charge < -0.3 is 5.41 Å². The standard InChI is InChI=1S/C5H9N/c1-4-2-5(4)3-6/h3-6H,2H2,1H3/t4-,5-/m0/s1. The van der Waals surface area contributed by atoms with Crippen LogP contribution in [0.5, 0.6) is 0 Å². The van der Waals surface area contributed by atoms with Gasteiger partial charge >= 0.3 is 0 Å². The highest BCUT2D eigenvalue weighted by Gasteiger charge is 2.29. The van der Waals surface area contributed by atoms with Crippen LogP contribution >= 0.6 is 0 Å². The first-order chi connectivity index (χ1) is 2.84. The van der Waals surface area contributed by atoms with E-state index in [1.54, 1.807) is 6.21 Å². The second-order valence-corrected chi connectivity index (χ2v) is 2.04. The van der Waals surface area contributed by atoms with Crippen molar-refractivity contribution < 1.29 is 0 Å². The van der Waals surface area contributed by atoms with Gasteiger partial charge in [-0.2, -0.15) is 0 Å². The van der Waals surface area contributed by atoms with Gasteiger partial charge in [0.2, 0.25) is 0 Å². The highest BCUT2D eigenvalue weighted by Crippen LogP contribution is 2.35. The van der Waals surface area contributed by atoms with E-state index in [0.717, 1.165) is 5.92 Å². The van der Waals surface area contributed by atoms with Crippen LogP contribution in [-0.4, -0.2) is 6.21 Å². The maximum Gasteiger partial charge on any atom is -0.00140 e. The zero-order chi connectivity index (χ0) is 4.57. The highest BCUT2D eigenvalue weighted by molar-refractivity contribution is 5.60. The molecule has 0 aromatic carbocycles. The third kappa shape index (κ3) is 0.445. The van der Waals surface area contributed by atoms with E-state index in [-0.39, 0.29) is 0 Å². The number of nitrogens with one attached hydrogen (secondary N) is 1. The molecule has 1 rings (SSSR count). The smallest absolute Gasteiger partial charge is 0.00140 e. The lowest BCUT2D eigenvalue weighted by Crippen LogP contribution is -1.72. The van der Waals surface area contributed by atoms with Crippen LogP contribution in [-0.2, 0) is 0 Å². The predicted molar refractivity (Wildman–Crippen MR) is 26.1 cm³/mol. The zero-order valence-electron chi connectivity index (χ0n) is 3.94. The fourth-order valence-corrected chi connectivity index (χ4v) is 0.583. The summed E-state index contributed by atoms with van der Waals surface area (Å²) < 4.78 is 0. The third-order valence-corrected chi connectivity index (χ3v) is 1.39. The van der Waals surface area contributed by atoms with Crippen molar-refractivity contribution in [3.63, 3.8) is 0 Å². The van der Waals surface area contributed by atoms with Crippen LogP contribution in [0, 0.1) is 17.2 Å². The molecule has 1 saturated carbocycles. The third-order valence-electron chi connectivity index (χ3n) is 1.39. The van der Waals surface area contributed by atoms with Crippen molar-refractivity contribution in [2.75, 3.05) is 0 Å². The van der Waals surface area contributed by atoms with Crippen LogP contribution in [0.3, 0.4) is 0 Å². The molecule has 0 amide bonds. The van der Waals surface area contributed by atoms with Crippen LogP contribution in [0.25, 0.3) is 0 Å². The topological polar surface area (TPSA) is 23.9 Å². The Morgan fingerprint density at radius 1 is 1.83 bits per heavy atom. The van der Waals surface area contributed by atoms with Crippen molar-refractivity contribution in [1.29, 1.82) is 5.41 Å². The Morgan fingerprint density at radius 3 is 2.33 bits per heavy atom. The van der Waals surface area contributed by atoms with Gasteiger partial charge in [-0.15, -0.1) is 0 Å². The molecule has 0 unspecified atom stereocenters. The van der Waals surface area contributed by atoms with Crippen molar-refractivity contribution in [1.82, 2.24) is 0 Å². The minimum absolute atomic E-state index is 0.644. The largest absolute Gasteiger partial charge is 0.313 e. The molecule has 34 valence electrons. The predicted octanol–water partition coefficient (Wildman–Crippen LogP) is 1.29. The zero-order valence-corrected chi connectivity index (χ0v) is 3.94. The van der Waals surface area contributed by atoms with E-state index in [1.165, 1.54) is 6.42 Å². The fourth-order valence-electron chi connectivity index (χ4n) is 0.583. The van der Waals surface area contributed by atoms with Gasteiger partial charge in [-0.05, 0) is 24.5 Å². The molecule has 1 fully saturated rings. The first-order valence-electron chi connectivity index (χ1n) is 2.35. The van der Waals surface area contributed by atoms with Crippen LogP contribution < -0.4 is 0 Å². The number of hydrogen-bond acceptors (Lipinski definition) is 1. The normalized spacial score (nSPS) is 42.2. The van der Waals surface area contributed by atoms with Gasteiger partial charge in [-0.3, -0.25) is 0 Å². The van der Waals surface area contributed by atoms with E-state index in [4.69, 9.17) is 5.41 Å². The Labute approximate surface area is 37.9 Å². The average Bonchev–Trinajstić information content (AvgIpc) is 2.19. The molecule has 2 atom stereocenters. The second-order valence-electron chi connectivity index (χ2n) is 2.04. The molecule has 6 heavy (non-hydrogen) atoms. The van der Waals surface area contributed by atoms with E-state index >= 15 is 0 Å². The Morgan fingerprint density at radius 2 is 2.33 bits per heavy atom. The molecule has 0 aromatic rings. The van der Waals surface area contributed by atoms with Crippen LogP contribution in [0.15, 0.2) is 0 Å². The summed E-state index contributed by atoms with van der Waals surface area (Å²) in [5.74, 6) is 1.47. The summed E-state index contributed by atoms with van der Waals surface area (Å²) in [5.41, 5.74) is 0. The van der Waals surface area contributed by atoms with Crippen molar-refractivity contribution >= 4 is 6.21 Å². The molecule has 1 N–H and O–H groups in total.